The third-order valence-electron chi connectivity index (χ3n) is 2.67. The zero-order chi connectivity index (χ0) is 11.4. The Balaban J connectivity index is 2.04. The van der Waals surface area contributed by atoms with E-state index in [-0.39, 0.29) is 0 Å². The summed E-state index contributed by atoms with van der Waals surface area (Å²) in [6, 6.07) is 2.24. The number of nitrogens with zero attached hydrogens (tertiary/aromatic N) is 2. The zero-order valence-electron chi connectivity index (χ0n) is 9.79. The van der Waals surface area contributed by atoms with Crippen LogP contribution in [0.2, 0.25) is 0 Å². The number of aryl methyl sites for hydroxylation is 1. The third kappa shape index (κ3) is 2.82. The van der Waals surface area contributed by atoms with Crippen molar-refractivity contribution in [1.29, 1.82) is 0 Å². The molecule has 1 aromatic heterocycles. The summed E-state index contributed by atoms with van der Waals surface area (Å²) in [7, 11) is 1.62. The molecule has 1 saturated heterocycles. The lowest BCUT2D eigenvalue weighted by molar-refractivity contribution is 0.396. The highest BCUT2D eigenvalue weighted by Gasteiger charge is 2.14. The average molecular weight is 222 g/mol. The van der Waals surface area contributed by atoms with Crippen LogP contribution in [0.4, 0.5) is 5.95 Å². The van der Waals surface area contributed by atoms with Gasteiger partial charge in [-0.2, -0.15) is 4.98 Å². The van der Waals surface area contributed by atoms with Crippen molar-refractivity contribution >= 4 is 5.95 Å². The van der Waals surface area contributed by atoms with E-state index in [2.05, 4.69) is 20.6 Å². The van der Waals surface area contributed by atoms with E-state index in [1.807, 2.05) is 13.0 Å². The summed E-state index contributed by atoms with van der Waals surface area (Å²) < 4.78 is 5.12. The van der Waals surface area contributed by atoms with Gasteiger partial charge >= 0.3 is 0 Å². The van der Waals surface area contributed by atoms with Gasteiger partial charge in [0.1, 0.15) is 0 Å². The van der Waals surface area contributed by atoms with Crippen LogP contribution in [0.1, 0.15) is 18.5 Å². The lowest BCUT2D eigenvalue weighted by Gasteiger charge is -2.23. The maximum Gasteiger partial charge on any atom is 0.226 e. The van der Waals surface area contributed by atoms with Crippen molar-refractivity contribution in [3.8, 4) is 5.88 Å². The van der Waals surface area contributed by atoms with E-state index in [0.29, 0.717) is 17.9 Å². The number of hydrogen-bond acceptors (Lipinski definition) is 5. The Labute approximate surface area is 95.6 Å². The molecule has 1 unspecified atom stereocenters. The molecule has 2 N–H and O–H groups in total. The minimum absolute atomic E-state index is 0.417. The van der Waals surface area contributed by atoms with Gasteiger partial charge in [0.05, 0.1) is 7.11 Å². The van der Waals surface area contributed by atoms with Crippen LogP contribution in [0.5, 0.6) is 5.88 Å². The van der Waals surface area contributed by atoms with Crippen molar-refractivity contribution in [3.63, 3.8) is 0 Å². The monoisotopic (exact) mass is 222 g/mol. The second-order valence-electron chi connectivity index (χ2n) is 4.06. The third-order valence-corrected chi connectivity index (χ3v) is 2.67. The predicted molar refractivity (Wildman–Crippen MR) is 62.8 cm³/mol. The van der Waals surface area contributed by atoms with Crippen molar-refractivity contribution in [2.45, 2.75) is 25.8 Å². The summed E-state index contributed by atoms with van der Waals surface area (Å²) in [5, 5.41) is 6.68. The molecule has 1 atom stereocenters. The van der Waals surface area contributed by atoms with Crippen molar-refractivity contribution in [3.05, 3.63) is 11.8 Å². The summed E-state index contributed by atoms with van der Waals surface area (Å²) in [5.74, 6) is 1.27. The van der Waals surface area contributed by atoms with Crippen LogP contribution in [0.15, 0.2) is 6.07 Å². The van der Waals surface area contributed by atoms with Crippen LogP contribution in [-0.4, -0.2) is 36.2 Å². The molecule has 0 bridgehead atoms. The number of hydrogen-bond donors (Lipinski definition) is 2. The first-order valence-electron chi connectivity index (χ1n) is 5.65. The normalized spacial score (nSPS) is 20.5. The molecule has 1 fully saturated rings. The smallest absolute Gasteiger partial charge is 0.226 e. The van der Waals surface area contributed by atoms with E-state index in [4.69, 9.17) is 4.74 Å². The highest BCUT2D eigenvalue weighted by atomic mass is 16.5. The van der Waals surface area contributed by atoms with E-state index in [1.54, 1.807) is 7.11 Å². The zero-order valence-corrected chi connectivity index (χ0v) is 9.79. The van der Waals surface area contributed by atoms with E-state index >= 15 is 0 Å². The SMILES string of the molecule is COc1cc(C)nc(NC2CCCNC2)n1. The molecule has 16 heavy (non-hydrogen) atoms. The molecule has 88 valence electrons. The number of anilines is 1. The van der Waals surface area contributed by atoms with Gasteiger partial charge in [-0.3, -0.25) is 0 Å². The van der Waals surface area contributed by atoms with Gasteiger partial charge in [0.15, 0.2) is 0 Å². The fraction of sp³-hybridized carbons (Fsp3) is 0.636. The standard InChI is InChI=1S/C11H18N4O/c1-8-6-10(16-2)15-11(13-8)14-9-4-3-5-12-7-9/h6,9,12H,3-5,7H2,1-2H3,(H,13,14,15). The van der Waals surface area contributed by atoms with E-state index in [1.165, 1.54) is 6.42 Å². The molecule has 2 rings (SSSR count). The second-order valence-corrected chi connectivity index (χ2v) is 4.06. The van der Waals surface area contributed by atoms with Gasteiger partial charge in [-0.1, -0.05) is 0 Å². The number of ether oxygens (including phenoxy) is 1. The molecule has 1 aliphatic heterocycles. The number of aromatic nitrogens is 2. The van der Waals surface area contributed by atoms with Crippen LogP contribution >= 0.6 is 0 Å². The predicted octanol–water partition coefficient (Wildman–Crippen LogP) is 0.958. The molecular weight excluding hydrogens is 204 g/mol. The first-order valence-corrected chi connectivity index (χ1v) is 5.65. The van der Waals surface area contributed by atoms with Crippen LogP contribution in [0.3, 0.4) is 0 Å². The Kier molecular flexibility index (Phi) is 3.56. The lowest BCUT2D eigenvalue weighted by Crippen LogP contribution is -2.38. The minimum Gasteiger partial charge on any atom is -0.481 e. The molecule has 1 aromatic rings. The van der Waals surface area contributed by atoms with Gasteiger partial charge in [-0.15, -0.1) is 0 Å². The Hall–Kier alpha value is -1.36. The first kappa shape index (κ1) is 11.1. The van der Waals surface area contributed by atoms with Gasteiger partial charge in [0.2, 0.25) is 11.8 Å². The highest BCUT2D eigenvalue weighted by Crippen LogP contribution is 2.13. The van der Waals surface area contributed by atoms with Crippen LogP contribution < -0.4 is 15.4 Å². The Morgan fingerprint density at radius 3 is 3.06 bits per heavy atom. The van der Waals surface area contributed by atoms with E-state index in [9.17, 15) is 0 Å². The fourth-order valence-corrected chi connectivity index (χ4v) is 1.87. The van der Waals surface area contributed by atoms with Crippen LogP contribution in [0, 0.1) is 6.92 Å². The van der Waals surface area contributed by atoms with Crippen molar-refractivity contribution in [2.24, 2.45) is 0 Å². The Morgan fingerprint density at radius 2 is 2.38 bits per heavy atom. The molecule has 0 radical (unpaired) electrons. The number of piperidine rings is 1. The molecule has 0 aliphatic carbocycles. The van der Waals surface area contributed by atoms with E-state index in [0.717, 1.165) is 25.2 Å². The van der Waals surface area contributed by atoms with Gasteiger partial charge in [0.25, 0.3) is 0 Å². The number of rotatable bonds is 3. The summed E-state index contributed by atoms with van der Waals surface area (Å²) in [4.78, 5) is 8.62. The van der Waals surface area contributed by atoms with Gasteiger partial charge in [-0.25, -0.2) is 4.98 Å². The summed E-state index contributed by atoms with van der Waals surface area (Å²) in [5.41, 5.74) is 0.915. The van der Waals surface area contributed by atoms with Gasteiger partial charge in [0, 0.05) is 24.3 Å². The maximum atomic E-state index is 5.12. The Morgan fingerprint density at radius 1 is 1.50 bits per heavy atom. The van der Waals surface area contributed by atoms with Gasteiger partial charge in [-0.05, 0) is 26.3 Å². The molecule has 5 heteroatoms. The summed E-state index contributed by atoms with van der Waals surface area (Å²) >= 11 is 0. The molecule has 1 aliphatic rings. The van der Waals surface area contributed by atoms with E-state index < -0.39 is 0 Å². The quantitative estimate of drug-likeness (QED) is 0.797. The molecule has 5 nitrogen and oxygen atoms in total. The molecule has 0 spiro atoms. The molecular formula is C11H18N4O. The van der Waals surface area contributed by atoms with Crippen molar-refractivity contribution in [1.82, 2.24) is 15.3 Å². The topological polar surface area (TPSA) is 59.1 Å². The van der Waals surface area contributed by atoms with Gasteiger partial charge < -0.3 is 15.4 Å². The van der Waals surface area contributed by atoms with Crippen molar-refractivity contribution < 1.29 is 4.74 Å². The number of methoxy groups -OCH3 is 1. The van der Waals surface area contributed by atoms with Crippen LogP contribution in [-0.2, 0) is 0 Å². The fourth-order valence-electron chi connectivity index (χ4n) is 1.87. The molecule has 0 amide bonds. The minimum atomic E-state index is 0.417. The first-order chi connectivity index (χ1) is 7.78. The maximum absolute atomic E-state index is 5.12. The summed E-state index contributed by atoms with van der Waals surface area (Å²) in [6.45, 7) is 4.02. The lowest BCUT2D eigenvalue weighted by atomic mass is 10.1. The molecule has 0 aromatic carbocycles. The largest absolute Gasteiger partial charge is 0.481 e. The van der Waals surface area contributed by atoms with Crippen LogP contribution in [0.25, 0.3) is 0 Å². The highest BCUT2D eigenvalue weighted by molar-refractivity contribution is 5.31. The second kappa shape index (κ2) is 5.12. The Bertz CT molecular complexity index is 350. The number of nitrogens with one attached hydrogen (secondary N) is 2. The average Bonchev–Trinajstić information content (AvgIpc) is 2.29. The van der Waals surface area contributed by atoms with Crippen molar-refractivity contribution in [2.75, 3.05) is 25.5 Å². The molecule has 2 heterocycles. The molecule has 0 saturated carbocycles. The summed E-state index contributed by atoms with van der Waals surface area (Å²) in [6.07, 6.45) is 2.35.